The summed E-state index contributed by atoms with van der Waals surface area (Å²) >= 11 is 0. The number of ether oxygens (including phenoxy) is 1. The van der Waals surface area contributed by atoms with Gasteiger partial charge >= 0.3 is 12.2 Å². The number of rotatable bonds is 3. The normalized spacial score (nSPS) is 10.9. The van der Waals surface area contributed by atoms with Crippen molar-refractivity contribution in [2.45, 2.75) is 6.18 Å². The third-order valence-corrected chi connectivity index (χ3v) is 3.13. The largest absolute Gasteiger partial charge is 0.504 e. The van der Waals surface area contributed by atoms with Crippen LogP contribution in [0.25, 0.3) is 0 Å². The van der Waals surface area contributed by atoms with Crippen LogP contribution in [0.4, 0.5) is 23.7 Å². The lowest BCUT2D eigenvalue weighted by molar-refractivity contribution is -0.138. The van der Waals surface area contributed by atoms with Gasteiger partial charge in [-0.2, -0.15) is 13.2 Å². The van der Waals surface area contributed by atoms with E-state index in [-0.39, 0.29) is 0 Å². The zero-order chi connectivity index (χ0) is 18.6. The van der Waals surface area contributed by atoms with Crippen molar-refractivity contribution in [1.82, 2.24) is 5.32 Å². The minimum atomic E-state index is -4.89. The number of alkyl halides is 3. The molecule has 0 radical (unpaired) electrons. The summed E-state index contributed by atoms with van der Waals surface area (Å²) in [6.07, 6.45) is -4.89. The summed E-state index contributed by atoms with van der Waals surface area (Å²) in [5.41, 5.74) is -1.90. The number of aromatic hydroxyl groups is 1. The number of carbonyl (C=O) groups is 2. The van der Waals surface area contributed by atoms with Gasteiger partial charge in [-0.05, 0) is 24.3 Å². The predicted octanol–water partition coefficient (Wildman–Crippen LogP) is 3.38. The van der Waals surface area contributed by atoms with Crippen molar-refractivity contribution in [3.63, 3.8) is 0 Å². The smallest absolute Gasteiger partial charge is 0.417 e. The molecule has 0 aliphatic rings. The molecular formula is C16H13F3N2O4. The van der Waals surface area contributed by atoms with Crippen molar-refractivity contribution in [2.24, 2.45) is 0 Å². The highest BCUT2D eigenvalue weighted by Crippen LogP contribution is 2.38. The molecule has 6 nitrogen and oxygen atoms in total. The van der Waals surface area contributed by atoms with Crippen LogP contribution >= 0.6 is 0 Å². The van der Waals surface area contributed by atoms with Crippen LogP contribution in [0.15, 0.2) is 42.5 Å². The number of hydrogen-bond acceptors (Lipinski definition) is 4. The molecule has 2 aromatic rings. The van der Waals surface area contributed by atoms with Gasteiger partial charge in [0.05, 0.1) is 18.2 Å². The van der Waals surface area contributed by atoms with Crippen LogP contribution in [0.3, 0.4) is 0 Å². The molecule has 0 spiro atoms. The molecule has 2 aromatic carbocycles. The Labute approximate surface area is 140 Å². The summed E-state index contributed by atoms with van der Waals surface area (Å²) in [6, 6.07) is 8.08. The zero-order valence-corrected chi connectivity index (χ0v) is 12.8. The number of amides is 3. The molecule has 2 rings (SSSR count). The Kier molecular flexibility index (Phi) is 5.16. The van der Waals surface area contributed by atoms with Crippen molar-refractivity contribution in [2.75, 3.05) is 12.4 Å². The fraction of sp³-hybridized carbons (Fsp3) is 0.125. The van der Waals surface area contributed by atoms with E-state index in [1.807, 2.05) is 0 Å². The summed E-state index contributed by atoms with van der Waals surface area (Å²) in [5.74, 6) is -2.43. The average molecular weight is 354 g/mol. The number of halogens is 3. The first kappa shape index (κ1) is 18.1. The minimum Gasteiger partial charge on any atom is -0.504 e. The highest BCUT2D eigenvalue weighted by Gasteiger charge is 2.37. The number of methoxy groups -OCH3 is 1. The fourth-order valence-corrected chi connectivity index (χ4v) is 2.01. The Morgan fingerprint density at radius 2 is 1.76 bits per heavy atom. The van der Waals surface area contributed by atoms with E-state index in [0.29, 0.717) is 17.8 Å². The lowest BCUT2D eigenvalue weighted by atomic mass is 10.0. The maximum absolute atomic E-state index is 13.1. The van der Waals surface area contributed by atoms with Gasteiger partial charge in [-0.25, -0.2) is 4.79 Å². The monoisotopic (exact) mass is 354 g/mol. The number of benzene rings is 2. The maximum atomic E-state index is 13.1. The second kappa shape index (κ2) is 7.12. The maximum Gasteiger partial charge on any atom is 0.417 e. The quantitative estimate of drug-likeness (QED) is 0.789. The molecule has 0 aliphatic heterocycles. The number of urea groups is 1. The number of nitrogens with one attached hydrogen (secondary N) is 2. The number of imide groups is 1. The number of anilines is 1. The average Bonchev–Trinajstić information content (AvgIpc) is 2.54. The number of para-hydroxylation sites is 1. The molecule has 0 unspecified atom stereocenters. The molecule has 0 fully saturated rings. The second-order valence-corrected chi connectivity index (χ2v) is 4.84. The summed E-state index contributed by atoms with van der Waals surface area (Å²) in [5, 5.41) is 13.7. The van der Waals surface area contributed by atoms with E-state index in [1.54, 1.807) is 23.5 Å². The summed E-state index contributed by atoms with van der Waals surface area (Å²) in [7, 11) is 1.07. The van der Waals surface area contributed by atoms with Crippen LogP contribution in [-0.2, 0) is 6.18 Å². The van der Waals surface area contributed by atoms with Gasteiger partial charge in [-0.3, -0.25) is 10.1 Å². The topological polar surface area (TPSA) is 87.7 Å². The van der Waals surface area contributed by atoms with Gasteiger partial charge in [-0.15, -0.1) is 0 Å². The third kappa shape index (κ3) is 4.40. The van der Waals surface area contributed by atoms with Crippen LogP contribution in [-0.4, -0.2) is 24.2 Å². The molecule has 0 bridgehead atoms. The van der Waals surface area contributed by atoms with E-state index >= 15 is 0 Å². The van der Waals surface area contributed by atoms with Gasteiger partial charge in [0.2, 0.25) is 0 Å². The molecular weight excluding hydrogens is 341 g/mol. The lowest BCUT2D eigenvalue weighted by Crippen LogP contribution is -2.35. The van der Waals surface area contributed by atoms with Gasteiger partial charge in [-0.1, -0.05) is 18.2 Å². The van der Waals surface area contributed by atoms with E-state index in [1.165, 1.54) is 12.1 Å². The molecule has 0 aliphatic carbocycles. The van der Waals surface area contributed by atoms with Gasteiger partial charge in [0.1, 0.15) is 0 Å². The van der Waals surface area contributed by atoms with Gasteiger partial charge < -0.3 is 15.2 Å². The van der Waals surface area contributed by atoms with Crippen molar-refractivity contribution in [3.8, 4) is 11.5 Å². The Morgan fingerprint density at radius 1 is 1.12 bits per heavy atom. The zero-order valence-electron chi connectivity index (χ0n) is 12.8. The molecule has 0 atom stereocenters. The summed E-state index contributed by atoms with van der Waals surface area (Å²) in [4.78, 5) is 23.8. The van der Waals surface area contributed by atoms with Gasteiger partial charge in [0.25, 0.3) is 5.91 Å². The first-order chi connectivity index (χ1) is 11.7. The van der Waals surface area contributed by atoms with Crippen LogP contribution in [0.1, 0.15) is 15.9 Å². The first-order valence-electron chi connectivity index (χ1n) is 6.88. The Balaban J connectivity index is 2.26. The highest BCUT2D eigenvalue weighted by molar-refractivity contribution is 6.09. The van der Waals surface area contributed by atoms with Crippen molar-refractivity contribution in [1.29, 1.82) is 0 Å². The minimum absolute atomic E-state index is 0.349. The van der Waals surface area contributed by atoms with Crippen molar-refractivity contribution >= 4 is 17.6 Å². The first-order valence-corrected chi connectivity index (χ1v) is 6.88. The Bertz CT molecular complexity index is 792. The highest BCUT2D eigenvalue weighted by atomic mass is 19.4. The third-order valence-electron chi connectivity index (χ3n) is 3.13. The lowest BCUT2D eigenvalue weighted by Gasteiger charge is -2.15. The summed E-state index contributed by atoms with van der Waals surface area (Å²) < 4.78 is 44.0. The van der Waals surface area contributed by atoms with Crippen molar-refractivity contribution in [3.05, 3.63) is 53.6 Å². The number of phenolic OH excluding ortho intramolecular Hbond substituents is 1. The number of carbonyl (C=O) groups excluding carboxylic acids is 2. The fourth-order valence-electron chi connectivity index (χ4n) is 2.01. The standard InChI is InChI=1S/C16H13F3N2O4/c1-25-13-8-11(16(17,18)19)10(7-12(13)22)14(23)21-15(24)20-9-5-3-2-4-6-9/h2-8,22H,1H3,(H2,20,21,23,24). The predicted molar refractivity (Wildman–Crippen MR) is 82.6 cm³/mol. The van der Waals surface area contributed by atoms with Gasteiger partial charge in [0, 0.05) is 5.69 Å². The molecule has 132 valence electrons. The molecule has 3 N–H and O–H groups in total. The Morgan fingerprint density at radius 3 is 2.32 bits per heavy atom. The molecule has 3 amide bonds. The van der Waals surface area contributed by atoms with Crippen LogP contribution < -0.4 is 15.4 Å². The van der Waals surface area contributed by atoms with E-state index in [9.17, 15) is 27.9 Å². The molecule has 9 heteroatoms. The van der Waals surface area contributed by atoms with E-state index in [4.69, 9.17) is 0 Å². The van der Waals surface area contributed by atoms with Crippen molar-refractivity contribution < 1.29 is 32.6 Å². The Hall–Kier alpha value is -3.23. The SMILES string of the molecule is COc1cc(C(F)(F)F)c(C(=O)NC(=O)Nc2ccccc2)cc1O. The van der Waals surface area contributed by atoms with Crippen LogP contribution in [0, 0.1) is 0 Å². The van der Waals surface area contributed by atoms with E-state index in [2.05, 4.69) is 10.1 Å². The van der Waals surface area contributed by atoms with E-state index < -0.39 is 40.7 Å². The molecule has 0 heterocycles. The molecule has 0 aromatic heterocycles. The molecule has 0 saturated carbocycles. The van der Waals surface area contributed by atoms with Crippen LogP contribution in [0.5, 0.6) is 11.5 Å². The van der Waals surface area contributed by atoms with Gasteiger partial charge in [0.15, 0.2) is 11.5 Å². The molecule has 0 saturated heterocycles. The second-order valence-electron chi connectivity index (χ2n) is 4.84. The van der Waals surface area contributed by atoms with Crippen LogP contribution in [0.2, 0.25) is 0 Å². The number of phenols is 1. The van der Waals surface area contributed by atoms with E-state index in [0.717, 1.165) is 7.11 Å². The molecule has 25 heavy (non-hydrogen) atoms. The number of hydrogen-bond donors (Lipinski definition) is 3. The summed E-state index contributed by atoms with van der Waals surface area (Å²) in [6.45, 7) is 0.